The second kappa shape index (κ2) is 8.47. The zero-order valence-corrected chi connectivity index (χ0v) is 18.2. The van der Waals surface area contributed by atoms with Gasteiger partial charge in [0.05, 0.1) is 11.7 Å². The number of hydrogen-bond donors (Lipinski definition) is 1. The van der Waals surface area contributed by atoms with E-state index in [1.165, 1.54) is 43.5 Å². The molecule has 1 aliphatic rings. The normalized spacial score (nSPS) is 16.5. The van der Waals surface area contributed by atoms with Crippen molar-refractivity contribution in [3.05, 3.63) is 66.5 Å². The number of fused-ring (bicyclic) bond motifs is 3. The molecule has 1 fully saturated rings. The van der Waals surface area contributed by atoms with Gasteiger partial charge in [-0.15, -0.1) is 0 Å². The lowest BCUT2D eigenvalue weighted by atomic mass is 10.1. The van der Waals surface area contributed by atoms with E-state index in [1.54, 1.807) is 12.5 Å². The van der Waals surface area contributed by atoms with Crippen molar-refractivity contribution in [3.8, 4) is 5.82 Å². The van der Waals surface area contributed by atoms with Crippen molar-refractivity contribution in [1.82, 2.24) is 29.4 Å². The van der Waals surface area contributed by atoms with Crippen LogP contribution in [0.4, 0.5) is 0 Å². The number of piperidine rings is 1. The maximum absolute atomic E-state index is 4.68. The number of allylic oxidation sites excluding steroid dienone is 3. The summed E-state index contributed by atoms with van der Waals surface area (Å²) in [5.41, 5.74) is 5.62. The fourth-order valence-corrected chi connectivity index (χ4v) is 4.30. The SMILES string of the molecule is C/C(=C\C=C(/C)c1cnc2[nH]c3cnc(-n4ccnc4)cc3c2c1)CN1CCCCC1. The van der Waals surface area contributed by atoms with Gasteiger partial charge in [-0.25, -0.2) is 15.0 Å². The van der Waals surface area contributed by atoms with Crippen LogP contribution in [0.1, 0.15) is 38.7 Å². The van der Waals surface area contributed by atoms with E-state index < -0.39 is 0 Å². The van der Waals surface area contributed by atoms with E-state index >= 15 is 0 Å². The third-order valence-corrected chi connectivity index (χ3v) is 6.08. The molecule has 158 valence electrons. The summed E-state index contributed by atoms with van der Waals surface area (Å²) < 4.78 is 1.91. The number of hydrogen-bond acceptors (Lipinski definition) is 4. The van der Waals surface area contributed by atoms with Crippen molar-refractivity contribution in [2.24, 2.45) is 0 Å². The predicted molar refractivity (Wildman–Crippen MR) is 126 cm³/mol. The van der Waals surface area contributed by atoms with Crippen LogP contribution in [-0.2, 0) is 0 Å². The number of imidazole rings is 1. The van der Waals surface area contributed by atoms with Crippen molar-refractivity contribution in [1.29, 1.82) is 0 Å². The summed E-state index contributed by atoms with van der Waals surface area (Å²) in [6, 6.07) is 4.31. The standard InChI is InChI=1S/C25H28N6/c1-18(16-30-9-4-3-5-10-30)6-7-19(2)20-12-22-21-13-24(31-11-8-26-17-31)27-15-23(21)29-25(22)28-14-20/h6-8,11-15,17H,3-5,9-10,16H2,1-2H3,(H,28,29)/b18-6+,19-7+. The quantitative estimate of drug-likeness (QED) is 0.462. The molecule has 0 aliphatic carbocycles. The Bertz CT molecular complexity index is 1260. The van der Waals surface area contributed by atoms with Gasteiger partial charge in [0, 0.05) is 35.9 Å². The molecule has 0 bridgehead atoms. The first kappa shape index (κ1) is 19.7. The van der Waals surface area contributed by atoms with Crippen LogP contribution < -0.4 is 0 Å². The monoisotopic (exact) mass is 412 g/mol. The molecular formula is C25H28N6. The highest BCUT2D eigenvalue weighted by atomic mass is 15.1. The molecule has 5 rings (SSSR count). The zero-order valence-electron chi connectivity index (χ0n) is 18.2. The Labute approximate surface area is 182 Å². The summed E-state index contributed by atoms with van der Waals surface area (Å²) in [4.78, 5) is 19.3. The number of H-pyrrole nitrogens is 1. The van der Waals surface area contributed by atoms with Gasteiger partial charge in [0.1, 0.15) is 17.8 Å². The van der Waals surface area contributed by atoms with E-state index in [2.05, 4.69) is 63.0 Å². The Balaban J connectivity index is 1.43. The second-order valence-electron chi connectivity index (χ2n) is 8.50. The van der Waals surface area contributed by atoms with Crippen molar-refractivity contribution in [3.63, 3.8) is 0 Å². The van der Waals surface area contributed by atoms with E-state index in [4.69, 9.17) is 0 Å². The first-order valence-corrected chi connectivity index (χ1v) is 11.0. The molecule has 0 spiro atoms. The van der Waals surface area contributed by atoms with Gasteiger partial charge in [0.25, 0.3) is 0 Å². The maximum Gasteiger partial charge on any atom is 0.138 e. The lowest BCUT2D eigenvalue weighted by Crippen LogP contribution is -2.31. The van der Waals surface area contributed by atoms with Crippen LogP contribution in [-0.4, -0.2) is 49.0 Å². The fraction of sp³-hybridized carbons (Fsp3) is 0.320. The van der Waals surface area contributed by atoms with E-state index in [1.807, 2.05) is 23.2 Å². The number of nitrogens with one attached hydrogen (secondary N) is 1. The van der Waals surface area contributed by atoms with Gasteiger partial charge in [-0.1, -0.05) is 24.1 Å². The number of aromatic nitrogens is 5. The summed E-state index contributed by atoms with van der Waals surface area (Å²) in [6.07, 6.45) is 17.7. The summed E-state index contributed by atoms with van der Waals surface area (Å²) in [5, 5.41) is 2.23. The van der Waals surface area contributed by atoms with Crippen LogP contribution in [0.15, 0.2) is 61.0 Å². The Hall–Kier alpha value is -3.25. The summed E-state index contributed by atoms with van der Waals surface area (Å²) in [6.45, 7) is 7.90. The molecule has 0 aromatic carbocycles. The summed E-state index contributed by atoms with van der Waals surface area (Å²) in [5.74, 6) is 0.847. The van der Waals surface area contributed by atoms with Gasteiger partial charge in [-0.05, 0) is 63.0 Å². The lowest BCUT2D eigenvalue weighted by molar-refractivity contribution is 0.246. The molecule has 4 aromatic heterocycles. The van der Waals surface area contributed by atoms with Crippen molar-refractivity contribution in [2.45, 2.75) is 33.1 Å². The Morgan fingerprint density at radius 1 is 1.03 bits per heavy atom. The molecule has 5 heterocycles. The fourth-order valence-electron chi connectivity index (χ4n) is 4.30. The van der Waals surface area contributed by atoms with Crippen LogP contribution in [0.3, 0.4) is 0 Å². The van der Waals surface area contributed by atoms with Crippen LogP contribution in [0.5, 0.6) is 0 Å². The Morgan fingerprint density at radius 3 is 2.71 bits per heavy atom. The molecule has 1 N–H and O–H groups in total. The molecule has 31 heavy (non-hydrogen) atoms. The van der Waals surface area contributed by atoms with Crippen molar-refractivity contribution in [2.75, 3.05) is 19.6 Å². The van der Waals surface area contributed by atoms with Crippen molar-refractivity contribution >= 4 is 27.5 Å². The number of aromatic amines is 1. The zero-order chi connectivity index (χ0) is 21.2. The highest BCUT2D eigenvalue weighted by Crippen LogP contribution is 2.27. The summed E-state index contributed by atoms with van der Waals surface area (Å²) in [7, 11) is 0. The first-order valence-electron chi connectivity index (χ1n) is 11.0. The van der Waals surface area contributed by atoms with Crippen molar-refractivity contribution < 1.29 is 0 Å². The van der Waals surface area contributed by atoms with E-state index in [0.29, 0.717) is 0 Å². The number of pyridine rings is 2. The predicted octanol–water partition coefficient (Wildman–Crippen LogP) is 5.13. The van der Waals surface area contributed by atoms with E-state index in [0.717, 1.165) is 39.9 Å². The van der Waals surface area contributed by atoms with Gasteiger partial charge in [-0.2, -0.15) is 0 Å². The highest BCUT2D eigenvalue weighted by Gasteiger charge is 2.11. The molecule has 0 amide bonds. The van der Waals surface area contributed by atoms with Gasteiger partial charge in [-0.3, -0.25) is 9.47 Å². The number of rotatable bonds is 5. The molecule has 6 nitrogen and oxygen atoms in total. The third kappa shape index (κ3) is 4.16. The lowest BCUT2D eigenvalue weighted by Gasteiger charge is -2.26. The largest absolute Gasteiger partial charge is 0.338 e. The molecule has 0 radical (unpaired) electrons. The van der Waals surface area contributed by atoms with Crippen LogP contribution in [0, 0.1) is 0 Å². The minimum absolute atomic E-state index is 0.847. The molecule has 1 saturated heterocycles. The molecule has 6 heteroatoms. The smallest absolute Gasteiger partial charge is 0.138 e. The van der Waals surface area contributed by atoms with Crippen LogP contribution in [0.25, 0.3) is 33.3 Å². The molecule has 0 atom stereocenters. The van der Waals surface area contributed by atoms with E-state index in [9.17, 15) is 0 Å². The molecule has 4 aromatic rings. The van der Waals surface area contributed by atoms with Gasteiger partial charge >= 0.3 is 0 Å². The molecule has 0 saturated carbocycles. The third-order valence-electron chi connectivity index (χ3n) is 6.08. The molecule has 1 aliphatic heterocycles. The van der Waals surface area contributed by atoms with Gasteiger partial charge in [0.15, 0.2) is 0 Å². The van der Waals surface area contributed by atoms with Gasteiger partial charge < -0.3 is 4.98 Å². The van der Waals surface area contributed by atoms with Crippen LogP contribution in [0.2, 0.25) is 0 Å². The first-order chi connectivity index (χ1) is 15.2. The van der Waals surface area contributed by atoms with Gasteiger partial charge in [0.2, 0.25) is 0 Å². The summed E-state index contributed by atoms with van der Waals surface area (Å²) >= 11 is 0. The minimum atomic E-state index is 0.847. The minimum Gasteiger partial charge on any atom is -0.338 e. The van der Waals surface area contributed by atoms with E-state index in [-0.39, 0.29) is 0 Å². The number of nitrogens with zero attached hydrogens (tertiary/aromatic N) is 5. The molecule has 0 unspecified atom stereocenters. The average molecular weight is 413 g/mol. The molecular weight excluding hydrogens is 384 g/mol. The Kier molecular flexibility index (Phi) is 5.38. The highest BCUT2D eigenvalue weighted by molar-refractivity contribution is 6.06. The Morgan fingerprint density at radius 2 is 1.90 bits per heavy atom. The number of likely N-dealkylation sites (tertiary alicyclic amines) is 1. The van der Waals surface area contributed by atoms with Crippen LogP contribution >= 0.6 is 0 Å². The average Bonchev–Trinajstić information content (AvgIpc) is 3.45. The maximum atomic E-state index is 4.68. The second-order valence-corrected chi connectivity index (χ2v) is 8.50. The topological polar surface area (TPSA) is 62.6 Å².